The second kappa shape index (κ2) is 4.75. The fourth-order valence-electron chi connectivity index (χ4n) is 1.41. The first kappa shape index (κ1) is 13.1. The number of rotatable bonds is 1. The molecule has 0 bridgehead atoms. The Morgan fingerprint density at radius 1 is 1.17 bits per heavy atom. The lowest BCUT2D eigenvalue weighted by Gasteiger charge is -2.06. The van der Waals surface area contributed by atoms with E-state index in [-0.39, 0.29) is 0 Å². The largest absolute Gasteiger partial charge is 0.416 e. The van der Waals surface area contributed by atoms with E-state index in [0.29, 0.717) is 14.9 Å². The van der Waals surface area contributed by atoms with Gasteiger partial charge in [0.25, 0.3) is 0 Å². The molecule has 18 heavy (non-hydrogen) atoms. The first-order valence-corrected chi connectivity index (χ1v) is 6.40. The molecular weight excluding hydrogens is 327 g/mol. The highest BCUT2D eigenvalue weighted by molar-refractivity contribution is 9.10. The minimum atomic E-state index is -4.33. The van der Waals surface area contributed by atoms with Crippen molar-refractivity contribution in [3.05, 3.63) is 45.2 Å². The van der Waals surface area contributed by atoms with Crippen molar-refractivity contribution in [3.8, 4) is 16.5 Å². The van der Waals surface area contributed by atoms with E-state index in [2.05, 4.69) is 15.9 Å². The molecule has 0 aliphatic rings. The number of halogens is 4. The molecule has 0 spiro atoms. The van der Waals surface area contributed by atoms with E-state index in [4.69, 9.17) is 5.26 Å². The molecule has 1 aromatic carbocycles. The van der Waals surface area contributed by atoms with E-state index in [9.17, 15) is 13.2 Å². The standard InChI is InChI=1S/C12H5BrF3NS/c13-9-5-10(18-11(9)6-17)7-1-3-8(4-2-7)12(14,15)16/h1-5H. The number of benzene rings is 1. The van der Waals surface area contributed by atoms with Crippen LogP contribution in [0.3, 0.4) is 0 Å². The molecule has 0 N–H and O–H groups in total. The maximum Gasteiger partial charge on any atom is 0.416 e. The summed E-state index contributed by atoms with van der Waals surface area (Å²) in [7, 11) is 0. The average Bonchev–Trinajstić information content (AvgIpc) is 2.69. The summed E-state index contributed by atoms with van der Waals surface area (Å²) in [4.78, 5) is 1.26. The van der Waals surface area contributed by atoms with Gasteiger partial charge in [-0.25, -0.2) is 0 Å². The van der Waals surface area contributed by atoms with Crippen LogP contribution in [0.25, 0.3) is 10.4 Å². The van der Waals surface area contributed by atoms with Crippen molar-refractivity contribution in [2.24, 2.45) is 0 Å². The third-order valence-corrected chi connectivity index (χ3v) is 4.26. The molecule has 2 rings (SSSR count). The Morgan fingerprint density at radius 3 is 2.22 bits per heavy atom. The summed E-state index contributed by atoms with van der Waals surface area (Å²) in [6, 6.07) is 8.62. The van der Waals surface area contributed by atoms with Crippen LogP contribution in [0.4, 0.5) is 13.2 Å². The number of nitriles is 1. The highest BCUT2D eigenvalue weighted by atomic mass is 79.9. The van der Waals surface area contributed by atoms with Crippen LogP contribution in [-0.2, 0) is 6.18 Å². The third-order valence-electron chi connectivity index (χ3n) is 2.29. The van der Waals surface area contributed by atoms with E-state index in [1.807, 2.05) is 6.07 Å². The Bertz CT molecular complexity index is 608. The van der Waals surface area contributed by atoms with Gasteiger partial charge in [0, 0.05) is 9.35 Å². The molecule has 1 aromatic heterocycles. The Kier molecular flexibility index (Phi) is 3.46. The fraction of sp³-hybridized carbons (Fsp3) is 0.0833. The molecule has 6 heteroatoms. The van der Waals surface area contributed by atoms with E-state index in [1.54, 1.807) is 6.07 Å². The minimum absolute atomic E-state index is 0.505. The molecule has 1 nitrogen and oxygen atoms in total. The number of nitrogens with zero attached hydrogens (tertiary/aromatic N) is 1. The zero-order chi connectivity index (χ0) is 13.3. The maximum atomic E-state index is 12.4. The summed E-state index contributed by atoms with van der Waals surface area (Å²) < 4.78 is 37.8. The van der Waals surface area contributed by atoms with Gasteiger partial charge in [-0.3, -0.25) is 0 Å². The van der Waals surface area contributed by atoms with Gasteiger partial charge in [-0.2, -0.15) is 18.4 Å². The van der Waals surface area contributed by atoms with Crippen molar-refractivity contribution in [2.75, 3.05) is 0 Å². The highest BCUT2D eigenvalue weighted by Crippen LogP contribution is 2.36. The molecule has 0 aliphatic carbocycles. The summed E-state index contributed by atoms with van der Waals surface area (Å²) in [5.74, 6) is 0. The van der Waals surface area contributed by atoms with Crippen LogP contribution in [-0.4, -0.2) is 0 Å². The van der Waals surface area contributed by atoms with Gasteiger partial charge < -0.3 is 0 Å². The SMILES string of the molecule is N#Cc1sc(-c2ccc(C(F)(F)F)cc2)cc1Br. The Balaban J connectivity index is 2.38. The molecule has 0 aliphatic heterocycles. The molecule has 0 unspecified atom stereocenters. The van der Waals surface area contributed by atoms with Gasteiger partial charge in [-0.05, 0) is 39.7 Å². The minimum Gasteiger partial charge on any atom is -0.191 e. The van der Waals surface area contributed by atoms with Crippen LogP contribution in [0.5, 0.6) is 0 Å². The van der Waals surface area contributed by atoms with Crippen LogP contribution < -0.4 is 0 Å². The lowest BCUT2D eigenvalue weighted by atomic mass is 10.1. The number of alkyl halides is 3. The zero-order valence-corrected chi connectivity index (χ0v) is 11.2. The summed E-state index contributed by atoms with van der Waals surface area (Å²) in [5, 5.41) is 8.81. The van der Waals surface area contributed by atoms with Gasteiger partial charge in [0.15, 0.2) is 0 Å². The molecule has 2 aromatic rings. The van der Waals surface area contributed by atoms with Crippen LogP contribution >= 0.6 is 27.3 Å². The van der Waals surface area contributed by atoms with E-state index >= 15 is 0 Å². The first-order valence-electron chi connectivity index (χ1n) is 4.79. The molecular formula is C12H5BrF3NS. The Labute approximate surface area is 114 Å². The Hall–Kier alpha value is -1.32. The molecule has 0 amide bonds. The van der Waals surface area contributed by atoms with E-state index in [1.165, 1.54) is 23.5 Å². The lowest BCUT2D eigenvalue weighted by molar-refractivity contribution is -0.137. The molecule has 0 radical (unpaired) electrons. The summed E-state index contributed by atoms with van der Waals surface area (Å²) >= 11 is 4.47. The molecule has 0 fully saturated rings. The predicted octanol–water partition coefficient (Wildman–Crippen LogP) is 5.07. The molecule has 1 heterocycles. The van der Waals surface area contributed by atoms with Crippen LogP contribution in [0.1, 0.15) is 10.4 Å². The number of thiophene rings is 1. The fourth-order valence-corrected chi connectivity index (χ4v) is 2.98. The van der Waals surface area contributed by atoms with Crippen LogP contribution in [0.2, 0.25) is 0 Å². The van der Waals surface area contributed by atoms with Crippen molar-refractivity contribution in [1.82, 2.24) is 0 Å². The van der Waals surface area contributed by atoms with Crippen molar-refractivity contribution < 1.29 is 13.2 Å². The molecule has 0 atom stereocenters. The second-order valence-corrected chi connectivity index (χ2v) is 5.38. The van der Waals surface area contributed by atoms with Crippen molar-refractivity contribution in [3.63, 3.8) is 0 Å². The van der Waals surface area contributed by atoms with Gasteiger partial charge in [0.2, 0.25) is 0 Å². The van der Waals surface area contributed by atoms with Gasteiger partial charge >= 0.3 is 6.18 Å². The topological polar surface area (TPSA) is 23.8 Å². The van der Waals surface area contributed by atoms with Crippen molar-refractivity contribution in [1.29, 1.82) is 5.26 Å². The van der Waals surface area contributed by atoms with Crippen LogP contribution in [0.15, 0.2) is 34.8 Å². The quantitative estimate of drug-likeness (QED) is 0.715. The van der Waals surface area contributed by atoms with Gasteiger partial charge in [-0.15, -0.1) is 11.3 Å². The highest BCUT2D eigenvalue weighted by Gasteiger charge is 2.30. The smallest absolute Gasteiger partial charge is 0.191 e. The van der Waals surface area contributed by atoms with Gasteiger partial charge in [0.05, 0.1) is 5.56 Å². The third kappa shape index (κ3) is 2.57. The van der Waals surface area contributed by atoms with E-state index < -0.39 is 11.7 Å². The zero-order valence-electron chi connectivity index (χ0n) is 8.75. The maximum absolute atomic E-state index is 12.4. The van der Waals surface area contributed by atoms with Gasteiger partial charge in [0.1, 0.15) is 10.9 Å². The monoisotopic (exact) mass is 331 g/mol. The predicted molar refractivity (Wildman–Crippen MR) is 67.2 cm³/mol. The second-order valence-electron chi connectivity index (χ2n) is 3.47. The lowest BCUT2D eigenvalue weighted by Crippen LogP contribution is -2.03. The normalized spacial score (nSPS) is 11.3. The average molecular weight is 332 g/mol. The number of hydrogen-bond donors (Lipinski definition) is 0. The first-order chi connectivity index (χ1) is 8.41. The molecule has 0 saturated carbocycles. The Morgan fingerprint density at radius 2 is 1.78 bits per heavy atom. The summed E-state index contributed by atoms with van der Waals surface area (Å²) in [6.07, 6.45) is -4.33. The van der Waals surface area contributed by atoms with E-state index in [0.717, 1.165) is 17.0 Å². The summed E-state index contributed by atoms with van der Waals surface area (Å²) in [5.41, 5.74) is -0.0161. The summed E-state index contributed by atoms with van der Waals surface area (Å²) in [6.45, 7) is 0. The van der Waals surface area contributed by atoms with Crippen molar-refractivity contribution in [2.45, 2.75) is 6.18 Å². The van der Waals surface area contributed by atoms with Crippen LogP contribution in [0, 0.1) is 11.3 Å². The van der Waals surface area contributed by atoms with Gasteiger partial charge in [-0.1, -0.05) is 12.1 Å². The number of hydrogen-bond acceptors (Lipinski definition) is 2. The molecule has 92 valence electrons. The van der Waals surface area contributed by atoms with Crippen molar-refractivity contribution >= 4 is 27.3 Å². The molecule has 0 saturated heterocycles.